The Morgan fingerprint density at radius 3 is 2.82 bits per heavy atom. The molecule has 0 aliphatic carbocycles. The van der Waals surface area contributed by atoms with Crippen molar-refractivity contribution in [3.63, 3.8) is 0 Å². The maximum Gasteiger partial charge on any atom is 0.107 e. The lowest BCUT2D eigenvalue weighted by Crippen LogP contribution is -2.33. The van der Waals surface area contributed by atoms with Gasteiger partial charge in [-0.1, -0.05) is 0 Å². The zero-order chi connectivity index (χ0) is 15.5. The normalized spacial score (nSPS) is 19.7. The molecule has 2 aromatic heterocycles. The standard InChI is InChI=1S/C17H25N5/c1-13(2)22-17(6-7-20-22)16-11-18-15(10-19-16)9-14-5-4-8-21(3)12-14/h6-7,10-11,13-14H,4-5,8-9,12H2,1-3H3/t14-/m0/s1. The second-order valence-corrected chi connectivity index (χ2v) is 6.62. The Labute approximate surface area is 132 Å². The zero-order valence-electron chi connectivity index (χ0n) is 13.7. The van der Waals surface area contributed by atoms with Gasteiger partial charge >= 0.3 is 0 Å². The molecule has 3 rings (SSSR count). The lowest BCUT2D eigenvalue weighted by atomic mass is 9.94. The topological polar surface area (TPSA) is 46.8 Å². The summed E-state index contributed by atoms with van der Waals surface area (Å²) in [5.74, 6) is 0.708. The van der Waals surface area contributed by atoms with E-state index in [0.717, 1.165) is 23.5 Å². The molecule has 0 saturated carbocycles. The van der Waals surface area contributed by atoms with Gasteiger partial charge < -0.3 is 4.90 Å². The molecule has 3 heterocycles. The number of likely N-dealkylation sites (tertiary alicyclic amines) is 1. The van der Waals surface area contributed by atoms with Crippen LogP contribution in [0.3, 0.4) is 0 Å². The van der Waals surface area contributed by atoms with Gasteiger partial charge in [0.1, 0.15) is 5.69 Å². The molecule has 0 N–H and O–H groups in total. The van der Waals surface area contributed by atoms with Gasteiger partial charge in [0.25, 0.3) is 0 Å². The third-order valence-corrected chi connectivity index (χ3v) is 4.35. The number of aromatic nitrogens is 4. The van der Waals surface area contributed by atoms with Gasteiger partial charge in [-0.05, 0) is 58.7 Å². The summed E-state index contributed by atoms with van der Waals surface area (Å²) in [4.78, 5) is 11.7. The zero-order valence-corrected chi connectivity index (χ0v) is 13.7. The van der Waals surface area contributed by atoms with Crippen LogP contribution >= 0.6 is 0 Å². The summed E-state index contributed by atoms with van der Waals surface area (Å²) in [7, 11) is 2.20. The maximum atomic E-state index is 4.63. The van der Waals surface area contributed by atoms with Crippen LogP contribution in [-0.2, 0) is 6.42 Å². The molecule has 5 heteroatoms. The molecule has 22 heavy (non-hydrogen) atoms. The van der Waals surface area contributed by atoms with E-state index in [1.165, 1.54) is 25.9 Å². The van der Waals surface area contributed by atoms with Gasteiger partial charge in [-0.25, -0.2) is 0 Å². The molecule has 0 unspecified atom stereocenters. The minimum Gasteiger partial charge on any atom is -0.306 e. The van der Waals surface area contributed by atoms with Crippen molar-refractivity contribution in [2.24, 2.45) is 5.92 Å². The monoisotopic (exact) mass is 299 g/mol. The molecule has 2 aromatic rings. The van der Waals surface area contributed by atoms with E-state index >= 15 is 0 Å². The van der Waals surface area contributed by atoms with Crippen molar-refractivity contribution >= 4 is 0 Å². The second kappa shape index (κ2) is 6.57. The van der Waals surface area contributed by atoms with Gasteiger partial charge in [-0.15, -0.1) is 0 Å². The van der Waals surface area contributed by atoms with E-state index in [9.17, 15) is 0 Å². The van der Waals surface area contributed by atoms with Crippen molar-refractivity contribution in [3.8, 4) is 11.4 Å². The minimum absolute atomic E-state index is 0.323. The number of hydrogen-bond acceptors (Lipinski definition) is 4. The fourth-order valence-corrected chi connectivity index (χ4v) is 3.26. The average molecular weight is 299 g/mol. The van der Waals surface area contributed by atoms with E-state index < -0.39 is 0 Å². The van der Waals surface area contributed by atoms with Crippen molar-refractivity contribution in [2.75, 3.05) is 20.1 Å². The first-order chi connectivity index (χ1) is 10.6. The molecule has 1 aliphatic heterocycles. The van der Waals surface area contributed by atoms with Crippen LogP contribution in [0.25, 0.3) is 11.4 Å². The first-order valence-corrected chi connectivity index (χ1v) is 8.17. The number of nitrogens with zero attached hydrogens (tertiary/aromatic N) is 5. The predicted octanol–water partition coefficient (Wildman–Crippen LogP) is 2.81. The molecule has 0 aromatic carbocycles. The van der Waals surface area contributed by atoms with Crippen molar-refractivity contribution in [2.45, 2.75) is 39.2 Å². The molecule has 1 saturated heterocycles. The summed E-state index contributed by atoms with van der Waals surface area (Å²) in [6.45, 7) is 6.64. The average Bonchev–Trinajstić information content (AvgIpc) is 2.98. The highest BCUT2D eigenvalue weighted by Crippen LogP contribution is 2.21. The quantitative estimate of drug-likeness (QED) is 0.871. The minimum atomic E-state index is 0.323. The lowest BCUT2D eigenvalue weighted by molar-refractivity contribution is 0.208. The maximum absolute atomic E-state index is 4.63. The predicted molar refractivity (Wildman–Crippen MR) is 87.6 cm³/mol. The molecular weight excluding hydrogens is 274 g/mol. The molecule has 5 nitrogen and oxygen atoms in total. The third-order valence-electron chi connectivity index (χ3n) is 4.35. The van der Waals surface area contributed by atoms with Gasteiger partial charge in [-0.3, -0.25) is 14.6 Å². The smallest absolute Gasteiger partial charge is 0.107 e. The van der Waals surface area contributed by atoms with Gasteiger partial charge in [0.15, 0.2) is 0 Å². The molecule has 0 spiro atoms. The van der Waals surface area contributed by atoms with Crippen molar-refractivity contribution < 1.29 is 0 Å². The van der Waals surface area contributed by atoms with Crippen LogP contribution in [0.15, 0.2) is 24.7 Å². The van der Waals surface area contributed by atoms with Crippen molar-refractivity contribution in [3.05, 3.63) is 30.4 Å². The van der Waals surface area contributed by atoms with E-state index in [1.807, 2.05) is 29.3 Å². The van der Waals surface area contributed by atoms with Crippen LogP contribution in [0.5, 0.6) is 0 Å². The number of hydrogen-bond donors (Lipinski definition) is 0. The van der Waals surface area contributed by atoms with E-state index in [1.54, 1.807) is 0 Å². The Morgan fingerprint density at radius 2 is 2.14 bits per heavy atom. The van der Waals surface area contributed by atoms with Crippen LogP contribution in [0.1, 0.15) is 38.4 Å². The summed E-state index contributed by atoms with van der Waals surface area (Å²) in [6, 6.07) is 2.32. The van der Waals surface area contributed by atoms with Crippen LogP contribution in [0, 0.1) is 5.92 Å². The molecule has 0 amide bonds. The highest BCUT2D eigenvalue weighted by Gasteiger charge is 2.18. The summed E-state index contributed by atoms with van der Waals surface area (Å²) >= 11 is 0. The second-order valence-electron chi connectivity index (χ2n) is 6.62. The van der Waals surface area contributed by atoms with E-state index in [4.69, 9.17) is 0 Å². The highest BCUT2D eigenvalue weighted by atomic mass is 15.3. The van der Waals surface area contributed by atoms with Gasteiger partial charge in [-0.2, -0.15) is 5.10 Å². The lowest BCUT2D eigenvalue weighted by Gasteiger charge is -2.29. The molecule has 0 bridgehead atoms. The number of rotatable bonds is 4. The van der Waals surface area contributed by atoms with E-state index in [2.05, 4.69) is 40.9 Å². The molecule has 1 aliphatic rings. The fraction of sp³-hybridized carbons (Fsp3) is 0.588. The highest BCUT2D eigenvalue weighted by molar-refractivity contribution is 5.52. The Morgan fingerprint density at radius 1 is 1.27 bits per heavy atom. The number of piperidine rings is 1. The molecule has 118 valence electrons. The van der Waals surface area contributed by atoms with Crippen LogP contribution in [-0.4, -0.2) is 44.8 Å². The molecule has 1 atom stereocenters. The summed E-state index contributed by atoms with van der Waals surface area (Å²) in [5, 5.41) is 4.36. The van der Waals surface area contributed by atoms with Gasteiger partial charge in [0.05, 0.1) is 17.6 Å². The Balaban J connectivity index is 1.71. The largest absolute Gasteiger partial charge is 0.306 e. The van der Waals surface area contributed by atoms with Crippen molar-refractivity contribution in [1.82, 2.24) is 24.6 Å². The Bertz CT molecular complexity index is 602. The van der Waals surface area contributed by atoms with E-state index in [-0.39, 0.29) is 0 Å². The van der Waals surface area contributed by atoms with Gasteiger partial charge in [0.2, 0.25) is 0 Å². The first-order valence-electron chi connectivity index (χ1n) is 8.17. The third kappa shape index (κ3) is 3.35. The first kappa shape index (κ1) is 15.2. The fourth-order valence-electron chi connectivity index (χ4n) is 3.26. The summed E-state index contributed by atoms with van der Waals surface area (Å²) in [5.41, 5.74) is 3.03. The van der Waals surface area contributed by atoms with Crippen LogP contribution in [0.2, 0.25) is 0 Å². The molecule has 1 fully saturated rings. The summed E-state index contributed by atoms with van der Waals surface area (Å²) < 4.78 is 1.99. The van der Waals surface area contributed by atoms with Crippen molar-refractivity contribution in [1.29, 1.82) is 0 Å². The van der Waals surface area contributed by atoms with E-state index in [0.29, 0.717) is 12.0 Å². The Kier molecular flexibility index (Phi) is 4.52. The SMILES string of the molecule is CC(C)n1nccc1-c1cnc(C[C@@H]2CCCN(C)C2)cn1. The molecule has 0 radical (unpaired) electrons. The van der Waals surface area contributed by atoms with Crippen LogP contribution < -0.4 is 0 Å². The summed E-state index contributed by atoms with van der Waals surface area (Å²) in [6.07, 6.45) is 9.26. The van der Waals surface area contributed by atoms with Crippen LogP contribution in [0.4, 0.5) is 0 Å². The van der Waals surface area contributed by atoms with Gasteiger partial charge in [0, 0.05) is 25.0 Å². The molecular formula is C17H25N5. The Hall–Kier alpha value is -1.75.